The van der Waals surface area contributed by atoms with Gasteiger partial charge >= 0.3 is 0 Å². The lowest BCUT2D eigenvalue weighted by Gasteiger charge is -2.10. The summed E-state index contributed by atoms with van der Waals surface area (Å²) in [7, 11) is 3.12. The summed E-state index contributed by atoms with van der Waals surface area (Å²) in [6.45, 7) is 1.49. The van der Waals surface area contributed by atoms with Crippen molar-refractivity contribution in [3.63, 3.8) is 0 Å². The van der Waals surface area contributed by atoms with Crippen LogP contribution in [-0.2, 0) is 0 Å². The predicted molar refractivity (Wildman–Crippen MR) is 126 cm³/mol. The van der Waals surface area contributed by atoms with Crippen molar-refractivity contribution in [2.75, 3.05) is 19.5 Å². The van der Waals surface area contributed by atoms with E-state index in [0.717, 1.165) is 22.5 Å². The van der Waals surface area contributed by atoms with Gasteiger partial charge in [0.05, 0.1) is 30.4 Å². The second-order valence-corrected chi connectivity index (χ2v) is 8.51. The highest BCUT2D eigenvalue weighted by atomic mass is 32.1. The van der Waals surface area contributed by atoms with E-state index >= 15 is 0 Å². The molecule has 9 heteroatoms. The molecule has 2 aromatic carbocycles. The van der Waals surface area contributed by atoms with E-state index in [4.69, 9.17) is 9.47 Å². The van der Waals surface area contributed by atoms with Gasteiger partial charge in [0, 0.05) is 17.9 Å². The molecule has 0 spiro atoms. The van der Waals surface area contributed by atoms with Crippen LogP contribution in [0.4, 0.5) is 5.13 Å². The lowest BCUT2D eigenvalue weighted by atomic mass is 10.1. The first-order valence-electron chi connectivity index (χ1n) is 9.57. The summed E-state index contributed by atoms with van der Waals surface area (Å²) < 4.78 is 10.8. The summed E-state index contributed by atoms with van der Waals surface area (Å²) in [5.74, 6) is 0.620. The third-order valence-corrected chi connectivity index (χ3v) is 6.53. The third kappa shape index (κ3) is 4.25. The van der Waals surface area contributed by atoms with Gasteiger partial charge in [-0.3, -0.25) is 14.9 Å². The zero-order chi connectivity index (χ0) is 22.7. The number of ketones is 1. The Morgan fingerprint density at radius 2 is 1.75 bits per heavy atom. The van der Waals surface area contributed by atoms with E-state index in [9.17, 15) is 9.59 Å². The van der Waals surface area contributed by atoms with Crippen molar-refractivity contribution in [2.24, 2.45) is 0 Å². The molecule has 0 bridgehead atoms. The van der Waals surface area contributed by atoms with Crippen molar-refractivity contribution in [3.05, 3.63) is 64.5 Å². The van der Waals surface area contributed by atoms with Gasteiger partial charge in [0.15, 0.2) is 22.4 Å². The van der Waals surface area contributed by atoms with Crippen LogP contribution < -0.4 is 14.8 Å². The van der Waals surface area contributed by atoms with Gasteiger partial charge in [0.25, 0.3) is 5.91 Å². The molecule has 0 radical (unpaired) electrons. The number of thiazole rings is 2. The van der Waals surface area contributed by atoms with E-state index in [0.29, 0.717) is 32.2 Å². The molecule has 0 saturated carbocycles. The molecule has 4 rings (SSSR count). The topological polar surface area (TPSA) is 90.4 Å². The average Bonchev–Trinajstić information content (AvgIpc) is 3.47. The molecule has 1 amide bonds. The normalized spacial score (nSPS) is 10.6. The maximum absolute atomic E-state index is 12.8. The fraction of sp³-hybridized carbons (Fsp3) is 0.130. The SMILES string of the molecule is COc1cccc(-c2nc(C(=O)Nc3nc(-c4ccccc4)c(C(C)=O)s3)cs2)c1OC. The van der Waals surface area contributed by atoms with Gasteiger partial charge in [-0.2, -0.15) is 0 Å². The first-order valence-corrected chi connectivity index (χ1v) is 11.3. The zero-order valence-electron chi connectivity index (χ0n) is 17.5. The summed E-state index contributed by atoms with van der Waals surface area (Å²) >= 11 is 2.47. The van der Waals surface area contributed by atoms with Crippen LogP contribution in [-0.4, -0.2) is 35.9 Å². The number of methoxy groups -OCH3 is 2. The Morgan fingerprint density at radius 1 is 0.969 bits per heavy atom. The first-order chi connectivity index (χ1) is 15.5. The van der Waals surface area contributed by atoms with Crippen molar-refractivity contribution in [1.29, 1.82) is 0 Å². The van der Waals surface area contributed by atoms with Crippen molar-refractivity contribution in [2.45, 2.75) is 6.92 Å². The van der Waals surface area contributed by atoms with Crippen LogP contribution in [0, 0.1) is 0 Å². The number of anilines is 1. The van der Waals surface area contributed by atoms with E-state index in [1.54, 1.807) is 25.7 Å². The molecule has 162 valence electrons. The van der Waals surface area contributed by atoms with Crippen LogP contribution >= 0.6 is 22.7 Å². The van der Waals surface area contributed by atoms with Crippen LogP contribution in [0.25, 0.3) is 21.8 Å². The predicted octanol–water partition coefficient (Wildman–Crippen LogP) is 5.41. The highest BCUT2D eigenvalue weighted by Gasteiger charge is 2.21. The Balaban J connectivity index is 1.60. The number of ether oxygens (including phenoxy) is 2. The highest BCUT2D eigenvalue weighted by molar-refractivity contribution is 7.18. The summed E-state index contributed by atoms with van der Waals surface area (Å²) in [4.78, 5) is 34.4. The third-order valence-electron chi connectivity index (χ3n) is 4.58. The molecule has 2 heterocycles. The number of carbonyl (C=O) groups excluding carboxylic acids is 2. The first kappa shape index (κ1) is 21.7. The Hall–Kier alpha value is -3.56. The molecule has 0 aliphatic rings. The van der Waals surface area contributed by atoms with Crippen LogP contribution in [0.1, 0.15) is 27.1 Å². The van der Waals surface area contributed by atoms with Crippen molar-refractivity contribution < 1.29 is 19.1 Å². The monoisotopic (exact) mass is 465 g/mol. The van der Waals surface area contributed by atoms with Gasteiger partial charge in [0.2, 0.25) is 0 Å². The van der Waals surface area contributed by atoms with Gasteiger partial charge in [-0.15, -0.1) is 11.3 Å². The van der Waals surface area contributed by atoms with Crippen molar-refractivity contribution >= 4 is 39.5 Å². The minimum Gasteiger partial charge on any atom is -0.493 e. The number of benzene rings is 2. The van der Waals surface area contributed by atoms with Gasteiger partial charge in [-0.1, -0.05) is 47.7 Å². The number of Topliss-reactive ketones (excluding diaryl/α,β-unsaturated/α-hetero) is 1. The van der Waals surface area contributed by atoms with Crippen molar-refractivity contribution in [3.8, 4) is 33.3 Å². The summed E-state index contributed by atoms with van der Waals surface area (Å²) in [5, 5.41) is 5.40. The van der Waals surface area contributed by atoms with E-state index in [-0.39, 0.29) is 11.5 Å². The van der Waals surface area contributed by atoms with E-state index in [1.807, 2.05) is 42.5 Å². The second kappa shape index (κ2) is 9.29. The van der Waals surface area contributed by atoms with Crippen LogP contribution in [0.2, 0.25) is 0 Å². The number of nitrogens with zero attached hydrogens (tertiary/aromatic N) is 2. The zero-order valence-corrected chi connectivity index (χ0v) is 19.2. The number of rotatable bonds is 7. The van der Waals surface area contributed by atoms with Crippen LogP contribution in [0.5, 0.6) is 11.5 Å². The van der Waals surface area contributed by atoms with E-state index < -0.39 is 5.91 Å². The van der Waals surface area contributed by atoms with Gasteiger partial charge in [-0.25, -0.2) is 9.97 Å². The number of amides is 1. The molecule has 0 fully saturated rings. The number of para-hydroxylation sites is 1. The Kier molecular flexibility index (Phi) is 6.29. The van der Waals surface area contributed by atoms with E-state index in [1.165, 1.54) is 18.3 Å². The molecule has 1 N–H and O–H groups in total. The average molecular weight is 466 g/mol. The lowest BCUT2D eigenvalue weighted by molar-refractivity contribution is 0.101. The van der Waals surface area contributed by atoms with Gasteiger partial charge in [-0.05, 0) is 12.1 Å². The fourth-order valence-corrected chi connectivity index (χ4v) is 4.82. The summed E-state index contributed by atoms with van der Waals surface area (Å²) in [6.07, 6.45) is 0. The smallest absolute Gasteiger partial charge is 0.276 e. The molecule has 4 aromatic rings. The Labute approximate surface area is 192 Å². The highest BCUT2D eigenvalue weighted by Crippen LogP contribution is 2.39. The fourth-order valence-electron chi connectivity index (χ4n) is 3.12. The second-order valence-electron chi connectivity index (χ2n) is 6.65. The van der Waals surface area contributed by atoms with E-state index in [2.05, 4.69) is 15.3 Å². The minimum atomic E-state index is -0.405. The number of nitrogens with one attached hydrogen (secondary N) is 1. The quantitative estimate of drug-likeness (QED) is 0.367. The molecule has 7 nitrogen and oxygen atoms in total. The number of hydrogen-bond donors (Lipinski definition) is 1. The minimum absolute atomic E-state index is 0.108. The molecular formula is C23H19N3O4S2. The lowest BCUT2D eigenvalue weighted by Crippen LogP contribution is -2.12. The molecule has 0 aliphatic carbocycles. The molecule has 0 atom stereocenters. The largest absolute Gasteiger partial charge is 0.493 e. The van der Waals surface area contributed by atoms with Crippen LogP contribution in [0.3, 0.4) is 0 Å². The maximum Gasteiger partial charge on any atom is 0.276 e. The molecule has 0 saturated heterocycles. The molecule has 2 aromatic heterocycles. The summed E-state index contributed by atoms with van der Waals surface area (Å²) in [6, 6.07) is 14.9. The molecule has 0 aliphatic heterocycles. The molecule has 0 unspecified atom stereocenters. The molecule has 32 heavy (non-hydrogen) atoms. The Bertz CT molecular complexity index is 1280. The van der Waals surface area contributed by atoms with Crippen LogP contribution in [0.15, 0.2) is 53.9 Å². The van der Waals surface area contributed by atoms with Gasteiger partial charge < -0.3 is 9.47 Å². The maximum atomic E-state index is 12.8. The van der Waals surface area contributed by atoms with Crippen molar-refractivity contribution in [1.82, 2.24) is 9.97 Å². The van der Waals surface area contributed by atoms with Gasteiger partial charge in [0.1, 0.15) is 10.7 Å². The molecular weight excluding hydrogens is 446 g/mol. The number of carbonyl (C=O) groups is 2. The standard InChI is InChI=1S/C23H19N3O4S2/c1-13(27)20-18(14-8-5-4-6-9-14)25-23(32-20)26-21(28)16-12-31-22(24-16)15-10-7-11-17(29-2)19(15)30-3/h4-12H,1-3H3,(H,25,26,28). The summed E-state index contributed by atoms with van der Waals surface area (Å²) in [5.41, 5.74) is 2.35. The number of hydrogen-bond acceptors (Lipinski definition) is 8. The Morgan fingerprint density at radius 3 is 2.44 bits per heavy atom. The number of aromatic nitrogens is 2.